The molecule has 2 nitrogen and oxygen atoms in total. The van der Waals surface area contributed by atoms with Gasteiger partial charge in [0.15, 0.2) is 0 Å². The lowest BCUT2D eigenvalue weighted by atomic mass is 9.92. The van der Waals surface area contributed by atoms with Crippen LogP contribution in [-0.4, -0.2) is 9.13 Å². The first-order valence-electron chi connectivity index (χ1n) is 25.5. The molecule has 0 spiro atoms. The van der Waals surface area contributed by atoms with E-state index in [0.717, 1.165) is 5.69 Å². The van der Waals surface area contributed by atoms with Gasteiger partial charge in [-0.1, -0.05) is 231 Å². The van der Waals surface area contributed by atoms with E-state index < -0.39 is 0 Å². The van der Waals surface area contributed by atoms with Crippen molar-refractivity contribution < 1.29 is 0 Å². The molecule has 0 aliphatic carbocycles. The number of benzene rings is 12. The van der Waals surface area contributed by atoms with E-state index in [-0.39, 0.29) is 0 Å². The molecule has 0 saturated heterocycles. The van der Waals surface area contributed by atoms with Crippen LogP contribution >= 0.6 is 0 Å². The summed E-state index contributed by atoms with van der Waals surface area (Å²) in [6.07, 6.45) is 0. The molecule has 0 atom stereocenters. The van der Waals surface area contributed by atoms with E-state index in [0.29, 0.717) is 0 Å². The van der Waals surface area contributed by atoms with Crippen molar-refractivity contribution in [2.45, 2.75) is 0 Å². The lowest BCUT2D eigenvalue weighted by molar-refractivity contribution is 1.18. The number of hydrogen-bond donors (Lipinski definition) is 0. The highest BCUT2D eigenvalue weighted by Gasteiger charge is 2.19. The van der Waals surface area contributed by atoms with Crippen molar-refractivity contribution in [3.8, 4) is 89.3 Å². The van der Waals surface area contributed by atoms with E-state index in [9.17, 15) is 0 Å². The Bertz CT molecular complexity index is 4400. The quantitative estimate of drug-likeness (QED) is 0.136. The van der Waals surface area contributed by atoms with Gasteiger partial charge in [-0.2, -0.15) is 0 Å². The Labute approximate surface area is 431 Å². The van der Waals surface area contributed by atoms with Crippen molar-refractivity contribution in [3.05, 3.63) is 291 Å². The smallest absolute Gasteiger partial charge is 0.0541 e. The molecule has 0 bridgehead atoms. The maximum absolute atomic E-state index is 2.45. The van der Waals surface area contributed by atoms with Crippen molar-refractivity contribution in [2.75, 3.05) is 0 Å². The Hall–Kier alpha value is -9.76. The molecule has 12 aromatic carbocycles. The molecule has 0 amide bonds. The molecule has 0 N–H and O–H groups in total. The number of hydrogen-bond acceptors (Lipinski definition) is 0. The van der Waals surface area contributed by atoms with Gasteiger partial charge in [-0.3, -0.25) is 0 Å². The molecular weight excluding hydrogens is 893 g/mol. The minimum absolute atomic E-state index is 1.15. The number of fused-ring (bicyclic) bond motifs is 6. The van der Waals surface area contributed by atoms with E-state index in [1.54, 1.807) is 0 Å². The first-order chi connectivity index (χ1) is 36.7. The highest BCUT2D eigenvalue weighted by atomic mass is 15.0. The Morgan fingerprint density at radius 2 is 0.473 bits per heavy atom. The van der Waals surface area contributed by atoms with Crippen molar-refractivity contribution in [1.82, 2.24) is 9.13 Å². The fourth-order valence-corrected chi connectivity index (χ4v) is 11.5. The molecule has 0 aliphatic rings. The van der Waals surface area contributed by atoms with Crippen LogP contribution in [0, 0.1) is 0 Å². The molecule has 14 rings (SSSR count). The first kappa shape index (κ1) is 43.1. The summed E-state index contributed by atoms with van der Waals surface area (Å²) < 4.78 is 4.89. The zero-order chi connectivity index (χ0) is 49.0. The van der Waals surface area contributed by atoms with Crippen LogP contribution in [-0.2, 0) is 0 Å². The largest absolute Gasteiger partial charge is 0.309 e. The van der Waals surface area contributed by atoms with Crippen LogP contribution in [0.25, 0.3) is 133 Å². The Morgan fingerprint density at radius 1 is 0.162 bits per heavy atom. The Morgan fingerprint density at radius 3 is 1.00 bits per heavy atom. The number of nitrogens with zero attached hydrogens (tertiary/aromatic N) is 2. The molecule has 2 aromatic heterocycles. The summed E-state index contributed by atoms with van der Waals surface area (Å²) in [6.45, 7) is 0. The van der Waals surface area contributed by atoms with Gasteiger partial charge >= 0.3 is 0 Å². The standard InChI is InChI=1S/C72H48N2/c1-3-19-50(20-4-1)59-27-7-8-28-60(59)58-26-18-25-55(46-58)54-24-17-23-53(45-54)49-37-39-52(40-38-49)62-30-10-14-34-68(62)74-70-36-16-12-32-64(70)66-48-57(42-44-72(66)74)56-41-43-71-65(47-56)63-31-11-15-35-69(63)73(71)67-33-13-9-29-61(67)51-21-5-2-6-22-51/h1-48H. The van der Waals surface area contributed by atoms with Gasteiger partial charge in [-0.05, 0) is 127 Å². The lowest BCUT2D eigenvalue weighted by Crippen LogP contribution is -1.97. The second kappa shape index (κ2) is 18.1. The predicted molar refractivity (Wildman–Crippen MR) is 313 cm³/mol. The van der Waals surface area contributed by atoms with Crippen molar-refractivity contribution >= 4 is 43.6 Å². The van der Waals surface area contributed by atoms with E-state index in [2.05, 4.69) is 300 Å². The second-order valence-corrected chi connectivity index (χ2v) is 19.2. The normalized spacial score (nSPS) is 11.5. The Kier molecular flexibility index (Phi) is 10.6. The van der Waals surface area contributed by atoms with Crippen molar-refractivity contribution in [2.24, 2.45) is 0 Å². The lowest BCUT2D eigenvalue weighted by Gasteiger charge is -2.15. The molecular formula is C72H48N2. The topological polar surface area (TPSA) is 9.86 Å². The third-order valence-electron chi connectivity index (χ3n) is 15.0. The molecule has 346 valence electrons. The molecule has 0 unspecified atom stereocenters. The number of aromatic nitrogens is 2. The summed E-state index contributed by atoms with van der Waals surface area (Å²) in [7, 11) is 0. The van der Waals surface area contributed by atoms with E-state index in [1.165, 1.54) is 127 Å². The molecule has 0 aliphatic heterocycles. The third-order valence-corrected chi connectivity index (χ3v) is 15.0. The molecule has 0 fully saturated rings. The van der Waals surface area contributed by atoms with Gasteiger partial charge in [0, 0.05) is 32.7 Å². The van der Waals surface area contributed by atoms with Gasteiger partial charge in [-0.15, -0.1) is 0 Å². The molecule has 74 heavy (non-hydrogen) atoms. The molecule has 14 aromatic rings. The van der Waals surface area contributed by atoms with E-state index >= 15 is 0 Å². The van der Waals surface area contributed by atoms with Gasteiger partial charge in [0.1, 0.15) is 0 Å². The fraction of sp³-hybridized carbons (Fsp3) is 0. The Balaban J connectivity index is 0.805. The average molecular weight is 941 g/mol. The van der Waals surface area contributed by atoms with Crippen LogP contribution in [0.15, 0.2) is 291 Å². The fourth-order valence-electron chi connectivity index (χ4n) is 11.5. The monoisotopic (exact) mass is 940 g/mol. The highest BCUT2D eigenvalue weighted by molar-refractivity contribution is 6.13. The molecule has 0 saturated carbocycles. The minimum atomic E-state index is 1.15. The van der Waals surface area contributed by atoms with Crippen LogP contribution in [0.2, 0.25) is 0 Å². The van der Waals surface area contributed by atoms with Crippen LogP contribution < -0.4 is 0 Å². The summed E-state index contributed by atoms with van der Waals surface area (Å²) >= 11 is 0. The number of rotatable bonds is 9. The van der Waals surface area contributed by atoms with E-state index in [4.69, 9.17) is 0 Å². The van der Waals surface area contributed by atoms with Crippen LogP contribution in [0.3, 0.4) is 0 Å². The summed E-state index contributed by atoms with van der Waals surface area (Å²) in [4.78, 5) is 0. The van der Waals surface area contributed by atoms with Crippen molar-refractivity contribution in [3.63, 3.8) is 0 Å². The average Bonchev–Trinajstić information content (AvgIpc) is 4.00. The van der Waals surface area contributed by atoms with Crippen LogP contribution in [0.5, 0.6) is 0 Å². The number of para-hydroxylation sites is 4. The summed E-state index contributed by atoms with van der Waals surface area (Å²) in [5.74, 6) is 0. The SMILES string of the molecule is c1ccc(-c2ccccc2-c2cccc(-c3cccc(-c4ccc(-c5ccccc5-n5c6ccccc6c6cc(-c7ccc8c(c7)c7ccccc7n8-c7ccccc7-c7ccccc7)ccc65)cc4)c3)c2)cc1. The van der Waals surface area contributed by atoms with Crippen LogP contribution in [0.4, 0.5) is 0 Å². The van der Waals surface area contributed by atoms with Crippen LogP contribution in [0.1, 0.15) is 0 Å². The maximum atomic E-state index is 2.45. The third kappa shape index (κ3) is 7.43. The first-order valence-corrected chi connectivity index (χ1v) is 25.5. The van der Waals surface area contributed by atoms with Crippen molar-refractivity contribution in [1.29, 1.82) is 0 Å². The molecule has 2 heterocycles. The maximum Gasteiger partial charge on any atom is 0.0541 e. The molecule has 0 radical (unpaired) electrons. The summed E-state index contributed by atoms with van der Waals surface area (Å²) in [5, 5.41) is 4.94. The molecule has 2 heteroatoms. The zero-order valence-corrected chi connectivity index (χ0v) is 40.6. The summed E-state index contributed by atoms with van der Waals surface area (Å²) in [5.41, 5.74) is 23.9. The van der Waals surface area contributed by atoms with Gasteiger partial charge in [0.25, 0.3) is 0 Å². The van der Waals surface area contributed by atoms with Gasteiger partial charge in [0.05, 0.1) is 33.4 Å². The second-order valence-electron chi connectivity index (χ2n) is 19.2. The summed E-state index contributed by atoms with van der Waals surface area (Å²) in [6, 6.07) is 106. The van der Waals surface area contributed by atoms with Gasteiger partial charge < -0.3 is 9.13 Å². The zero-order valence-electron chi connectivity index (χ0n) is 40.6. The van der Waals surface area contributed by atoms with E-state index in [1.807, 2.05) is 0 Å². The van der Waals surface area contributed by atoms with Gasteiger partial charge in [-0.25, -0.2) is 0 Å². The van der Waals surface area contributed by atoms with Gasteiger partial charge in [0.2, 0.25) is 0 Å². The predicted octanol–water partition coefficient (Wildman–Crippen LogP) is 19.5. The minimum Gasteiger partial charge on any atom is -0.309 e. The highest BCUT2D eigenvalue weighted by Crippen LogP contribution is 2.42.